The number of hydrogen-bond acceptors (Lipinski definition) is 2. The van der Waals surface area contributed by atoms with Crippen molar-refractivity contribution in [1.29, 1.82) is 0 Å². The van der Waals surface area contributed by atoms with Gasteiger partial charge >= 0.3 is 7.12 Å². The highest BCUT2D eigenvalue weighted by Gasteiger charge is 2.53. The smallest absolute Gasteiger partial charge is 0.399 e. The van der Waals surface area contributed by atoms with E-state index in [-0.39, 0.29) is 18.3 Å². The second-order valence-corrected chi connectivity index (χ2v) is 7.97. The molecule has 114 valence electrons. The standard InChI is InChI=1S/C18H27BO2/c1-12(2)14-11-15(14)13-9-7-8-10-16(13)19-20-17(3,4)18(5,6)21-19/h7-10,12,14-15H,11H2,1-6H3/t14-,15+/m1/s1. The summed E-state index contributed by atoms with van der Waals surface area (Å²) >= 11 is 0. The summed E-state index contributed by atoms with van der Waals surface area (Å²) < 4.78 is 12.5. The van der Waals surface area contributed by atoms with E-state index in [1.165, 1.54) is 17.4 Å². The van der Waals surface area contributed by atoms with Gasteiger partial charge in [-0.1, -0.05) is 38.1 Å². The summed E-state index contributed by atoms with van der Waals surface area (Å²) in [4.78, 5) is 0. The van der Waals surface area contributed by atoms with Gasteiger partial charge in [0.15, 0.2) is 0 Å². The Bertz CT molecular complexity index is 520. The van der Waals surface area contributed by atoms with Crippen molar-refractivity contribution in [3.8, 4) is 0 Å². The first-order chi connectivity index (χ1) is 9.73. The molecule has 1 saturated heterocycles. The van der Waals surface area contributed by atoms with Gasteiger partial charge in [0, 0.05) is 0 Å². The number of hydrogen-bond donors (Lipinski definition) is 0. The minimum absolute atomic E-state index is 0.236. The minimum atomic E-state index is -0.272. The van der Waals surface area contributed by atoms with Gasteiger partial charge in [-0.15, -0.1) is 0 Å². The van der Waals surface area contributed by atoms with Crippen LogP contribution in [0, 0.1) is 11.8 Å². The first-order valence-electron chi connectivity index (χ1n) is 8.17. The van der Waals surface area contributed by atoms with Gasteiger partial charge in [0.2, 0.25) is 0 Å². The third-order valence-corrected chi connectivity index (χ3v) is 5.60. The molecule has 0 unspecified atom stereocenters. The normalized spacial score (nSPS) is 30.0. The van der Waals surface area contributed by atoms with Gasteiger partial charge in [0.25, 0.3) is 0 Å². The average molecular weight is 286 g/mol. The van der Waals surface area contributed by atoms with Crippen LogP contribution in [0.1, 0.15) is 59.4 Å². The zero-order chi connectivity index (χ0) is 15.4. The van der Waals surface area contributed by atoms with E-state index >= 15 is 0 Å². The largest absolute Gasteiger partial charge is 0.495 e. The lowest BCUT2D eigenvalue weighted by Gasteiger charge is -2.32. The van der Waals surface area contributed by atoms with Crippen LogP contribution >= 0.6 is 0 Å². The molecule has 1 saturated carbocycles. The van der Waals surface area contributed by atoms with Crippen molar-refractivity contribution < 1.29 is 9.31 Å². The van der Waals surface area contributed by atoms with Crippen LogP contribution in [0.4, 0.5) is 0 Å². The maximum absolute atomic E-state index is 6.24. The molecule has 2 aliphatic rings. The van der Waals surface area contributed by atoms with Crippen LogP contribution in [-0.4, -0.2) is 18.3 Å². The minimum Gasteiger partial charge on any atom is -0.399 e. The molecule has 2 atom stereocenters. The fourth-order valence-corrected chi connectivity index (χ4v) is 3.34. The molecule has 0 amide bonds. The maximum atomic E-state index is 6.24. The van der Waals surface area contributed by atoms with Crippen LogP contribution in [0.3, 0.4) is 0 Å². The van der Waals surface area contributed by atoms with Crippen LogP contribution in [0.15, 0.2) is 24.3 Å². The number of benzene rings is 1. The van der Waals surface area contributed by atoms with Crippen LogP contribution in [0.2, 0.25) is 0 Å². The Labute approximate surface area is 129 Å². The van der Waals surface area contributed by atoms with Crippen molar-refractivity contribution >= 4 is 12.6 Å². The molecule has 0 N–H and O–H groups in total. The van der Waals surface area contributed by atoms with Crippen LogP contribution < -0.4 is 5.46 Å². The zero-order valence-electron chi connectivity index (χ0n) is 14.1. The SMILES string of the molecule is CC(C)[C@H]1C[C@H]1c1ccccc1B1OC(C)(C)C(C)(C)O1. The van der Waals surface area contributed by atoms with Gasteiger partial charge < -0.3 is 9.31 Å². The second kappa shape index (κ2) is 4.86. The van der Waals surface area contributed by atoms with Crippen LogP contribution in [-0.2, 0) is 9.31 Å². The molecule has 3 heteroatoms. The van der Waals surface area contributed by atoms with Crippen LogP contribution in [0.5, 0.6) is 0 Å². The number of rotatable bonds is 3. The molecule has 1 aromatic rings. The van der Waals surface area contributed by atoms with E-state index in [1.807, 2.05) is 0 Å². The maximum Gasteiger partial charge on any atom is 0.495 e. The first kappa shape index (κ1) is 15.1. The van der Waals surface area contributed by atoms with E-state index < -0.39 is 0 Å². The highest BCUT2D eigenvalue weighted by Crippen LogP contribution is 2.51. The Morgan fingerprint density at radius 3 is 2.14 bits per heavy atom. The lowest BCUT2D eigenvalue weighted by molar-refractivity contribution is 0.00578. The molecule has 0 radical (unpaired) electrons. The summed E-state index contributed by atoms with van der Waals surface area (Å²) in [6.45, 7) is 13.1. The van der Waals surface area contributed by atoms with Crippen molar-refractivity contribution in [1.82, 2.24) is 0 Å². The van der Waals surface area contributed by atoms with E-state index in [4.69, 9.17) is 9.31 Å². The molecule has 1 aliphatic carbocycles. The highest BCUT2D eigenvalue weighted by molar-refractivity contribution is 6.62. The van der Waals surface area contributed by atoms with Crippen molar-refractivity contribution in [2.24, 2.45) is 11.8 Å². The first-order valence-corrected chi connectivity index (χ1v) is 8.17. The molecule has 0 spiro atoms. The molecule has 1 heterocycles. The molecule has 3 rings (SSSR count). The molecule has 2 fully saturated rings. The quantitative estimate of drug-likeness (QED) is 0.788. The van der Waals surface area contributed by atoms with Crippen molar-refractivity contribution in [2.75, 3.05) is 0 Å². The average Bonchev–Trinajstić information content (AvgIpc) is 3.13. The van der Waals surface area contributed by atoms with E-state index in [0.29, 0.717) is 5.92 Å². The second-order valence-electron chi connectivity index (χ2n) is 7.97. The summed E-state index contributed by atoms with van der Waals surface area (Å²) in [5, 5.41) is 0. The molecular weight excluding hydrogens is 259 g/mol. The fraction of sp³-hybridized carbons (Fsp3) is 0.667. The van der Waals surface area contributed by atoms with Gasteiger partial charge in [-0.2, -0.15) is 0 Å². The van der Waals surface area contributed by atoms with E-state index in [2.05, 4.69) is 65.8 Å². The molecule has 2 nitrogen and oxygen atoms in total. The Hall–Kier alpha value is -0.795. The zero-order valence-corrected chi connectivity index (χ0v) is 14.1. The van der Waals surface area contributed by atoms with Gasteiger partial charge in [-0.25, -0.2) is 0 Å². The van der Waals surface area contributed by atoms with Crippen LogP contribution in [0.25, 0.3) is 0 Å². The predicted molar refractivity (Wildman–Crippen MR) is 87.8 cm³/mol. The van der Waals surface area contributed by atoms with Crippen molar-refractivity contribution in [3.05, 3.63) is 29.8 Å². The fourth-order valence-electron chi connectivity index (χ4n) is 3.34. The summed E-state index contributed by atoms with van der Waals surface area (Å²) in [5.41, 5.74) is 2.11. The molecular formula is C18H27BO2. The summed E-state index contributed by atoms with van der Waals surface area (Å²) in [5.74, 6) is 2.25. The highest BCUT2D eigenvalue weighted by atomic mass is 16.7. The molecule has 0 bridgehead atoms. The summed E-state index contributed by atoms with van der Waals surface area (Å²) in [6.07, 6.45) is 1.30. The summed E-state index contributed by atoms with van der Waals surface area (Å²) in [6, 6.07) is 8.66. The lowest BCUT2D eigenvalue weighted by atomic mass is 9.74. The molecule has 0 aromatic heterocycles. The van der Waals surface area contributed by atoms with Crippen molar-refractivity contribution in [3.63, 3.8) is 0 Å². The third kappa shape index (κ3) is 2.55. The topological polar surface area (TPSA) is 18.5 Å². The Balaban J connectivity index is 1.88. The van der Waals surface area contributed by atoms with Gasteiger partial charge in [0.1, 0.15) is 0 Å². The third-order valence-electron chi connectivity index (χ3n) is 5.60. The van der Waals surface area contributed by atoms with Gasteiger partial charge in [-0.05, 0) is 62.9 Å². The summed E-state index contributed by atoms with van der Waals surface area (Å²) in [7, 11) is -0.236. The van der Waals surface area contributed by atoms with E-state index in [0.717, 1.165) is 11.8 Å². The Morgan fingerprint density at radius 2 is 1.62 bits per heavy atom. The molecule has 1 aromatic carbocycles. The van der Waals surface area contributed by atoms with Crippen molar-refractivity contribution in [2.45, 2.75) is 65.1 Å². The Kier molecular flexibility index (Phi) is 3.49. The van der Waals surface area contributed by atoms with Gasteiger partial charge in [0.05, 0.1) is 11.2 Å². The van der Waals surface area contributed by atoms with E-state index in [9.17, 15) is 0 Å². The van der Waals surface area contributed by atoms with E-state index in [1.54, 1.807) is 0 Å². The predicted octanol–water partition coefficient (Wildman–Crippen LogP) is 3.75. The molecule has 1 aliphatic heterocycles. The van der Waals surface area contributed by atoms with Gasteiger partial charge in [-0.3, -0.25) is 0 Å². The Morgan fingerprint density at radius 1 is 1.05 bits per heavy atom. The molecule has 21 heavy (non-hydrogen) atoms. The lowest BCUT2D eigenvalue weighted by Crippen LogP contribution is -2.41. The monoisotopic (exact) mass is 286 g/mol.